The van der Waals surface area contributed by atoms with Gasteiger partial charge in [-0.15, -0.1) is 0 Å². The van der Waals surface area contributed by atoms with Gasteiger partial charge in [-0.25, -0.2) is 0 Å². The van der Waals surface area contributed by atoms with Crippen LogP contribution >= 0.6 is 7.82 Å². The summed E-state index contributed by atoms with van der Waals surface area (Å²) in [6.07, 6.45) is 11.7. The van der Waals surface area contributed by atoms with Crippen molar-refractivity contribution in [3.8, 4) is 0 Å². The Bertz CT molecular complexity index is 1900. The van der Waals surface area contributed by atoms with Crippen molar-refractivity contribution in [1.29, 1.82) is 0 Å². The fourth-order valence-electron chi connectivity index (χ4n) is 5.69. The molecule has 1 rings (SSSR count). The molecule has 0 aromatic carbocycles. The van der Waals surface area contributed by atoms with Crippen molar-refractivity contribution in [2.24, 2.45) is 0 Å². The van der Waals surface area contributed by atoms with E-state index in [2.05, 4.69) is 37.3 Å². The third-order valence-electron chi connectivity index (χ3n) is 9.30. The van der Waals surface area contributed by atoms with E-state index in [1.807, 2.05) is 25.2 Å². The van der Waals surface area contributed by atoms with E-state index in [1.54, 1.807) is 0 Å². The van der Waals surface area contributed by atoms with Gasteiger partial charge in [0.15, 0.2) is 6.10 Å². The maximum atomic E-state index is 12.8. The Labute approximate surface area is 416 Å². The summed E-state index contributed by atoms with van der Waals surface area (Å²) in [6, 6.07) is -1.82. The summed E-state index contributed by atoms with van der Waals surface area (Å²) < 4.78 is 98.2. The molecule has 15 heteroatoms. The van der Waals surface area contributed by atoms with Crippen molar-refractivity contribution in [2.45, 2.75) is 185 Å². The van der Waals surface area contributed by atoms with Gasteiger partial charge in [0.05, 0.1) is 17.6 Å². The van der Waals surface area contributed by atoms with Crippen molar-refractivity contribution in [2.75, 3.05) is 13.2 Å². The first-order valence-electron chi connectivity index (χ1n) is 26.3. The van der Waals surface area contributed by atoms with Crippen LogP contribution in [0.5, 0.6) is 0 Å². The number of rotatable bonds is 36. The summed E-state index contributed by atoms with van der Waals surface area (Å²) in [7, 11) is -5.52. The molecule has 13 nitrogen and oxygen atoms in total. The molecule has 1 fully saturated rings. The number of aliphatic hydroxyl groups excluding tert-OH is 5. The Kier molecular flexibility index (Phi) is 30.9. The molecule has 0 aromatic heterocycles. The van der Waals surface area contributed by atoms with E-state index in [9.17, 15) is 44.6 Å². The molecule has 64 heavy (non-hydrogen) atoms. The summed E-state index contributed by atoms with van der Waals surface area (Å²) in [5, 5.41) is 50.1. The van der Waals surface area contributed by atoms with Crippen molar-refractivity contribution in [1.82, 2.24) is 0 Å². The number of allylic oxidation sites excluding steroid dienone is 16. The van der Waals surface area contributed by atoms with E-state index in [-0.39, 0.29) is 110 Å². The van der Waals surface area contributed by atoms with Crippen molar-refractivity contribution < 1.29 is 104 Å². The summed E-state index contributed by atoms with van der Waals surface area (Å²) in [4.78, 5) is 38.3. The second kappa shape index (κ2) is 41.0. The van der Waals surface area contributed by atoms with Gasteiger partial charge in [-0.1, -0.05) is 137 Å². The van der Waals surface area contributed by atoms with Crippen LogP contribution in [0, 0.1) is 0 Å². The molecule has 1 saturated carbocycles. The van der Waals surface area contributed by atoms with Gasteiger partial charge in [-0.05, 0) is 89.9 Å². The molecule has 1 aliphatic rings. The van der Waals surface area contributed by atoms with E-state index >= 15 is 0 Å². The number of esters is 2. The summed E-state index contributed by atoms with van der Waals surface area (Å²) in [5.41, 5.74) is 0. The Morgan fingerprint density at radius 1 is 0.562 bits per heavy atom. The molecule has 0 spiro atoms. The standard InChI is InChI=1S/C49H79O13P.Na/c1-3-5-7-9-11-13-15-17-19-21-23-25-27-29-31-33-35-37-42(50)59-39-41(40-60-63(57,58)62-49-47(55)45(53)44(52)46(54)48(49)56)61-43(51)38-36-34-32-30-28-26-24-22-20-18-16-14-12-10-8-6-4-2;/h11-14,17-20,23-26,29-32,41,44-49,52-56H,3-10,15-16,21-22,27-28,33-40H2,1-2H3,(H,57,58);/q;+1/p-1/b13-11-,14-12-,19-17-,20-18-,25-23-,26-24-,31-29-,32-30-;/t41-,44?,45-,46+,47-,48-,49?;/m1./s1/i11D,13D,17D,19D,23D,25D,29D,31D;. The molecule has 0 radical (unpaired) electrons. The van der Waals surface area contributed by atoms with E-state index in [1.165, 1.54) is 19.3 Å². The average Bonchev–Trinajstić information content (AvgIpc) is 3.33. The smallest absolute Gasteiger partial charge is 0.756 e. The summed E-state index contributed by atoms with van der Waals surface area (Å²) >= 11 is 0. The molecule has 358 valence electrons. The summed E-state index contributed by atoms with van der Waals surface area (Å²) in [5.74, 6) is -1.65. The van der Waals surface area contributed by atoms with Gasteiger partial charge in [0.2, 0.25) is 0 Å². The molecule has 8 atom stereocenters. The Balaban J connectivity index is 0.0000504. The number of phosphoric ester groups is 1. The van der Waals surface area contributed by atoms with Crippen LogP contribution in [-0.2, 0) is 32.7 Å². The van der Waals surface area contributed by atoms with E-state index < -0.39 is 88.5 Å². The Hall–Kier alpha value is -2.23. The molecule has 3 unspecified atom stereocenters. The van der Waals surface area contributed by atoms with Crippen LogP contribution in [0.1, 0.15) is 153 Å². The molecule has 0 heterocycles. The molecular formula is C49H78NaO13P. The quantitative estimate of drug-likeness (QED) is 0.0175. The largest absolute Gasteiger partial charge is 1.00 e. The maximum absolute atomic E-state index is 12.8. The SMILES string of the molecule is [2H]/C(CCCCC)=C(\[2H])C/C([2H])=C(/[2H])C/C([2H])=C(/[2H])C/C([2H])=C(/[2H])CCCC(=O)OC[C@H](COP(=O)([O-])OC1[C@H](O)[C@H](O)C(O)[C@H](O)[C@H]1O)OC(=O)CCC/C=C\C/C=C\C/C=C\C/C=C\CCCCC.[Na+]. The third kappa shape index (κ3) is 32.4. The van der Waals surface area contributed by atoms with Gasteiger partial charge in [0.1, 0.15) is 43.2 Å². The van der Waals surface area contributed by atoms with E-state index in [0.29, 0.717) is 25.7 Å². The average molecular weight is 937 g/mol. The number of unbranched alkanes of at least 4 members (excludes halogenated alkanes) is 6. The van der Waals surface area contributed by atoms with Crippen LogP contribution < -0.4 is 34.5 Å². The molecule has 1 aliphatic carbocycles. The first-order chi connectivity index (χ1) is 33.6. The maximum Gasteiger partial charge on any atom is 1.00 e. The minimum absolute atomic E-state index is 0. The molecule has 0 bridgehead atoms. The predicted molar refractivity (Wildman–Crippen MR) is 246 cm³/mol. The first-order valence-corrected chi connectivity index (χ1v) is 23.7. The number of hydrogen-bond donors (Lipinski definition) is 5. The second-order valence-electron chi connectivity index (χ2n) is 14.8. The zero-order valence-electron chi connectivity index (χ0n) is 46.2. The zero-order chi connectivity index (χ0) is 53.4. The monoisotopic (exact) mass is 937 g/mol. The number of carbonyl (C=O) groups is 2. The van der Waals surface area contributed by atoms with Crippen LogP contribution in [0.2, 0.25) is 0 Å². The zero-order valence-corrected chi connectivity index (χ0v) is 41.1. The topological polar surface area (TPSA) is 212 Å². The van der Waals surface area contributed by atoms with Gasteiger partial charge in [-0.2, -0.15) is 0 Å². The van der Waals surface area contributed by atoms with Crippen molar-refractivity contribution in [3.05, 3.63) is 97.0 Å². The van der Waals surface area contributed by atoms with Crippen molar-refractivity contribution in [3.63, 3.8) is 0 Å². The van der Waals surface area contributed by atoms with Crippen LogP contribution in [0.25, 0.3) is 0 Å². The molecule has 0 saturated heterocycles. The normalized spacial score (nSPS) is 25.2. The number of carbonyl (C=O) groups excluding carboxylic acids is 2. The Morgan fingerprint density at radius 2 is 0.969 bits per heavy atom. The van der Waals surface area contributed by atoms with Gasteiger partial charge >= 0.3 is 41.5 Å². The van der Waals surface area contributed by atoms with E-state index in [0.717, 1.165) is 38.5 Å². The van der Waals surface area contributed by atoms with Crippen LogP contribution in [0.4, 0.5) is 0 Å². The predicted octanol–water partition coefficient (Wildman–Crippen LogP) is 5.43. The minimum atomic E-state index is -5.52. The Morgan fingerprint density at radius 3 is 1.48 bits per heavy atom. The number of phosphoric acid groups is 1. The van der Waals surface area contributed by atoms with Gasteiger partial charge in [-0.3, -0.25) is 14.2 Å². The molecule has 0 aromatic rings. The van der Waals surface area contributed by atoms with Gasteiger partial charge in [0, 0.05) is 12.8 Å². The minimum Gasteiger partial charge on any atom is -0.756 e. The van der Waals surface area contributed by atoms with E-state index in [4.69, 9.17) is 29.5 Å². The number of aliphatic hydroxyl groups is 5. The van der Waals surface area contributed by atoms with Crippen LogP contribution in [-0.4, -0.2) is 93.4 Å². The molecular weight excluding hydrogens is 850 g/mol. The second-order valence-corrected chi connectivity index (χ2v) is 16.2. The molecule has 5 N–H and O–H groups in total. The van der Waals surface area contributed by atoms with Crippen LogP contribution in [0.15, 0.2) is 97.0 Å². The number of ether oxygens (including phenoxy) is 2. The van der Waals surface area contributed by atoms with Crippen molar-refractivity contribution >= 4 is 19.8 Å². The van der Waals surface area contributed by atoms with Gasteiger partial charge < -0.3 is 48.9 Å². The molecule has 0 amide bonds. The fourth-order valence-corrected chi connectivity index (χ4v) is 6.65. The molecule has 0 aliphatic heterocycles. The fraction of sp³-hybridized carbons (Fsp3) is 0.633. The van der Waals surface area contributed by atoms with Crippen LogP contribution in [0.3, 0.4) is 0 Å². The third-order valence-corrected chi connectivity index (χ3v) is 10.3. The summed E-state index contributed by atoms with van der Waals surface area (Å²) in [6.45, 7) is 2.52. The number of hydrogen-bond acceptors (Lipinski definition) is 13. The first kappa shape index (κ1) is 48.2. The van der Waals surface area contributed by atoms with Gasteiger partial charge in [0.25, 0.3) is 7.82 Å².